The minimum Gasteiger partial charge on any atom is -0.480 e. The van der Waals surface area contributed by atoms with Crippen LogP contribution in [-0.2, 0) is 19.2 Å². The third-order valence-electron chi connectivity index (χ3n) is 5.42. The molecule has 0 saturated heterocycles. The summed E-state index contributed by atoms with van der Waals surface area (Å²) in [6.45, 7) is 3.31. The molecule has 1 aliphatic rings. The summed E-state index contributed by atoms with van der Waals surface area (Å²) in [5.41, 5.74) is 6.90. The van der Waals surface area contributed by atoms with Crippen molar-refractivity contribution in [1.29, 1.82) is 0 Å². The highest BCUT2D eigenvalue weighted by molar-refractivity contribution is 8.15. The van der Waals surface area contributed by atoms with E-state index in [9.17, 15) is 29.4 Å². The molecule has 2 amide bonds. The number of carbonyl (C=O) groups is 4. The van der Waals surface area contributed by atoms with Crippen molar-refractivity contribution in [1.82, 2.24) is 10.6 Å². The second kappa shape index (κ2) is 10.7. The van der Waals surface area contributed by atoms with E-state index in [1.54, 1.807) is 74.5 Å². The zero-order valence-corrected chi connectivity index (χ0v) is 19.9. The minimum absolute atomic E-state index is 0.0470. The van der Waals surface area contributed by atoms with Gasteiger partial charge in [-0.2, -0.15) is 0 Å². The van der Waals surface area contributed by atoms with Crippen molar-refractivity contribution in [3.8, 4) is 0 Å². The number of thioether (sulfide) groups is 1. The van der Waals surface area contributed by atoms with Gasteiger partial charge in [0, 0.05) is 4.75 Å². The van der Waals surface area contributed by atoms with Gasteiger partial charge in [0.25, 0.3) is 0 Å². The predicted molar refractivity (Wildman–Crippen MR) is 131 cm³/mol. The van der Waals surface area contributed by atoms with Crippen molar-refractivity contribution in [2.45, 2.75) is 42.8 Å². The fraction of sp³-hybridized carbons (Fsp3) is 0.292. The molecule has 1 aliphatic heterocycles. The van der Waals surface area contributed by atoms with Crippen LogP contribution in [0.25, 0.3) is 0 Å². The largest absolute Gasteiger partial charge is 0.480 e. The molecule has 1 heterocycles. The number of nitrogens with zero attached hydrogens (tertiary/aromatic N) is 1. The van der Waals surface area contributed by atoms with Crippen LogP contribution in [-0.4, -0.2) is 55.8 Å². The topological polar surface area (TPSA) is 171 Å². The Hall–Kier alpha value is -3.70. The second-order valence-electron chi connectivity index (χ2n) is 8.43. The summed E-state index contributed by atoms with van der Waals surface area (Å²) in [5.74, 6) is -4.05. The Labute approximate surface area is 206 Å². The van der Waals surface area contributed by atoms with Crippen LogP contribution in [0.5, 0.6) is 0 Å². The standard InChI is InChI=1S/C24H26N4O6S/c1-24(2)18(23(33)34)28-21(35-24)17(27-19(29)15(25)13-9-5-3-6-10-13)20(30)26-16(22(31)32)14-11-7-4-8-12-14/h3-12,15-18H,25H2,1-2H3,(H,26,30)(H,27,29)(H,31,32)(H,33,34). The first-order valence-electron chi connectivity index (χ1n) is 10.7. The van der Waals surface area contributed by atoms with E-state index in [1.165, 1.54) is 0 Å². The maximum Gasteiger partial charge on any atom is 0.330 e. The second-order valence-corrected chi connectivity index (χ2v) is 10.1. The Morgan fingerprint density at radius 1 is 0.886 bits per heavy atom. The Morgan fingerprint density at radius 3 is 1.89 bits per heavy atom. The highest BCUT2D eigenvalue weighted by atomic mass is 32.2. The third kappa shape index (κ3) is 6.06. The average molecular weight is 499 g/mol. The van der Waals surface area contributed by atoms with Crippen LogP contribution in [0.1, 0.15) is 37.1 Å². The Bertz CT molecular complexity index is 1140. The lowest BCUT2D eigenvalue weighted by atomic mass is 10.0. The molecule has 0 radical (unpaired) electrons. The fourth-order valence-corrected chi connectivity index (χ4v) is 4.81. The quantitative estimate of drug-likeness (QED) is 0.346. The number of carbonyl (C=O) groups excluding carboxylic acids is 2. The molecule has 0 saturated carbocycles. The number of aliphatic imine (C=N–C) groups is 1. The van der Waals surface area contributed by atoms with Crippen molar-refractivity contribution >= 4 is 40.6 Å². The van der Waals surface area contributed by atoms with Gasteiger partial charge in [-0.1, -0.05) is 72.4 Å². The molecule has 4 atom stereocenters. The number of carboxylic acids is 2. The maximum atomic E-state index is 13.3. The molecule has 10 nitrogen and oxygen atoms in total. The molecular formula is C24H26N4O6S. The Morgan fingerprint density at radius 2 is 1.40 bits per heavy atom. The van der Waals surface area contributed by atoms with Crippen LogP contribution >= 0.6 is 11.8 Å². The van der Waals surface area contributed by atoms with E-state index in [1.807, 2.05) is 0 Å². The molecule has 35 heavy (non-hydrogen) atoms. The van der Waals surface area contributed by atoms with Gasteiger partial charge in [-0.25, -0.2) is 9.59 Å². The summed E-state index contributed by atoms with van der Waals surface area (Å²) >= 11 is 1.03. The normalized spacial score (nSPS) is 19.1. The average Bonchev–Trinajstić information content (AvgIpc) is 3.16. The van der Waals surface area contributed by atoms with Gasteiger partial charge < -0.3 is 26.6 Å². The number of benzene rings is 2. The van der Waals surface area contributed by atoms with Crippen molar-refractivity contribution < 1.29 is 29.4 Å². The van der Waals surface area contributed by atoms with Gasteiger partial charge in [0.2, 0.25) is 11.8 Å². The molecule has 0 bridgehead atoms. The van der Waals surface area contributed by atoms with E-state index in [4.69, 9.17) is 5.73 Å². The number of hydrogen-bond donors (Lipinski definition) is 5. The highest BCUT2D eigenvalue weighted by Crippen LogP contribution is 2.39. The summed E-state index contributed by atoms with van der Waals surface area (Å²) in [6, 6.07) is 11.4. The van der Waals surface area contributed by atoms with Gasteiger partial charge in [-0.3, -0.25) is 14.6 Å². The van der Waals surface area contributed by atoms with Gasteiger partial charge in [-0.15, -0.1) is 0 Å². The number of nitrogens with two attached hydrogens (primary N) is 1. The zero-order valence-electron chi connectivity index (χ0n) is 19.0. The van der Waals surface area contributed by atoms with Crippen LogP contribution in [0.2, 0.25) is 0 Å². The first kappa shape index (κ1) is 25.9. The molecular weight excluding hydrogens is 472 g/mol. The SMILES string of the molecule is CC1(C)SC(C(NC(=O)C(N)c2ccccc2)C(=O)NC(C(=O)O)c2ccccc2)=NC1C(=O)O. The van der Waals surface area contributed by atoms with Crippen LogP contribution < -0.4 is 16.4 Å². The van der Waals surface area contributed by atoms with E-state index >= 15 is 0 Å². The van der Waals surface area contributed by atoms with Crippen LogP contribution in [0.15, 0.2) is 65.7 Å². The van der Waals surface area contributed by atoms with Gasteiger partial charge in [0.15, 0.2) is 18.1 Å². The smallest absolute Gasteiger partial charge is 0.330 e. The predicted octanol–water partition coefficient (Wildman–Crippen LogP) is 1.49. The molecule has 0 fully saturated rings. The molecule has 2 aromatic carbocycles. The number of hydrogen-bond acceptors (Lipinski definition) is 7. The van der Waals surface area contributed by atoms with Crippen LogP contribution in [0, 0.1) is 0 Å². The van der Waals surface area contributed by atoms with E-state index in [-0.39, 0.29) is 5.04 Å². The van der Waals surface area contributed by atoms with Gasteiger partial charge >= 0.3 is 11.9 Å². The summed E-state index contributed by atoms with van der Waals surface area (Å²) in [4.78, 5) is 54.1. The van der Waals surface area contributed by atoms with Gasteiger partial charge in [0.05, 0.1) is 0 Å². The fourth-order valence-electron chi connectivity index (χ4n) is 3.56. The van der Waals surface area contributed by atoms with E-state index < -0.39 is 52.7 Å². The Balaban J connectivity index is 1.92. The van der Waals surface area contributed by atoms with E-state index in [0.717, 1.165) is 11.8 Å². The van der Waals surface area contributed by atoms with Crippen molar-refractivity contribution in [2.24, 2.45) is 10.7 Å². The number of aliphatic carboxylic acids is 2. The van der Waals surface area contributed by atoms with Crippen molar-refractivity contribution in [2.75, 3.05) is 0 Å². The molecule has 2 aromatic rings. The van der Waals surface area contributed by atoms with Gasteiger partial charge in [-0.05, 0) is 25.0 Å². The molecule has 0 aliphatic carbocycles. The number of rotatable bonds is 9. The summed E-state index contributed by atoms with van der Waals surface area (Å²) in [6.07, 6.45) is 0. The molecule has 4 unspecified atom stereocenters. The molecule has 0 spiro atoms. The van der Waals surface area contributed by atoms with Crippen molar-refractivity contribution in [3.05, 3.63) is 71.8 Å². The molecule has 11 heteroatoms. The monoisotopic (exact) mass is 498 g/mol. The van der Waals surface area contributed by atoms with Crippen molar-refractivity contribution in [3.63, 3.8) is 0 Å². The number of nitrogens with one attached hydrogen (secondary N) is 2. The zero-order chi connectivity index (χ0) is 25.8. The number of carboxylic acid groups (broad SMARTS) is 2. The van der Waals surface area contributed by atoms with Gasteiger partial charge in [0.1, 0.15) is 11.1 Å². The van der Waals surface area contributed by atoms with Crippen LogP contribution in [0.4, 0.5) is 0 Å². The first-order chi connectivity index (χ1) is 16.5. The highest BCUT2D eigenvalue weighted by Gasteiger charge is 2.46. The molecule has 3 rings (SSSR count). The lowest BCUT2D eigenvalue weighted by molar-refractivity contribution is -0.142. The van der Waals surface area contributed by atoms with Crippen LogP contribution in [0.3, 0.4) is 0 Å². The summed E-state index contributed by atoms with van der Waals surface area (Å²) in [7, 11) is 0. The lowest BCUT2D eigenvalue weighted by Crippen LogP contribution is -2.53. The van der Waals surface area contributed by atoms with E-state index in [0.29, 0.717) is 11.1 Å². The lowest BCUT2D eigenvalue weighted by Gasteiger charge is -2.24. The van der Waals surface area contributed by atoms with E-state index in [2.05, 4.69) is 15.6 Å². The summed E-state index contributed by atoms with van der Waals surface area (Å²) < 4.78 is -0.905. The molecule has 184 valence electrons. The summed E-state index contributed by atoms with van der Waals surface area (Å²) in [5, 5.41) is 24.3. The Kier molecular flexibility index (Phi) is 7.92. The molecule has 6 N–H and O–H groups in total. The maximum absolute atomic E-state index is 13.3. The minimum atomic E-state index is -1.45. The third-order valence-corrected chi connectivity index (χ3v) is 6.72. The number of amides is 2. The first-order valence-corrected chi connectivity index (χ1v) is 11.5. The molecule has 0 aromatic heterocycles.